The molecule has 0 radical (unpaired) electrons. The first kappa shape index (κ1) is 26.2. The van der Waals surface area contributed by atoms with E-state index < -0.39 is 0 Å². The Hall–Kier alpha value is -1.74. The molecule has 3 aliphatic heterocycles. The van der Waals surface area contributed by atoms with Gasteiger partial charge in [0.2, 0.25) is 0 Å². The molecule has 0 N–H and O–H groups in total. The molecule has 2 unspecified atom stereocenters. The fraction of sp³-hybridized carbons (Fsp3) is 0.459. The van der Waals surface area contributed by atoms with Gasteiger partial charge >= 0.3 is 0 Å². The van der Waals surface area contributed by atoms with Gasteiger partial charge in [-0.3, -0.25) is 0 Å². The topological polar surface area (TPSA) is 0 Å². The van der Waals surface area contributed by atoms with Gasteiger partial charge < -0.3 is 0 Å². The van der Waals surface area contributed by atoms with Crippen LogP contribution in [0.25, 0.3) is 32.7 Å². The minimum absolute atomic E-state index is 0.257. The Balaban J connectivity index is 1.64. The van der Waals surface area contributed by atoms with E-state index in [0.29, 0.717) is 20.6 Å². The van der Waals surface area contributed by atoms with Gasteiger partial charge in [-0.05, 0) is 96.1 Å². The van der Waals surface area contributed by atoms with Gasteiger partial charge in [0.25, 0.3) is 0 Å². The predicted molar refractivity (Wildman–Crippen MR) is 177 cm³/mol. The molecule has 0 amide bonds. The van der Waals surface area contributed by atoms with Crippen molar-refractivity contribution < 1.29 is 0 Å². The van der Waals surface area contributed by atoms with Crippen molar-refractivity contribution in [3.05, 3.63) is 72.3 Å². The highest BCUT2D eigenvalue weighted by Crippen LogP contribution is 2.77. The van der Waals surface area contributed by atoms with Gasteiger partial charge in [-0.25, -0.2) is 0 Å². The third-order valence-electron chi connectivity index (χ3n) is 10.6. The monoisotopic (exact) mass is 550 g/mol. The van der Waals surface area contributed by atoms with Crippen LogP contribution in [-0.4, -0.2) is 15.5 Å². The third-order valence-corrected chi connectivity index (χ3v) is 18.1. The van der Waals surface area contributed by atoms with Gasteiger partial charge in [0.1, 0.15) is 0 Å². The van der Waals surface area contributed by atoms with Crippen molar-refractivity contribution in [2.45, 2.75) is 108 Å². The Morgan fingerprint density at radius 1 is 0.538 bits per heavy atom. The van der Waals surface area contributed by atoms with E-state index in [1.165, 1.54) is 60.1 Å². The van der Waals surface area contributed by atoms with Crippen molar-refractivity contribution in [2.24, 2.45) is 0 Å². The van der Waals surface area contributed by atoms with E-state index in [1.807, 2.05) is 0 Å². The number of benzene rings is 4. The fourth-order valence-corrected chi connectivity index (χ4v) is 17.9. The van der Waals surface area contributed by atoms with Crippen LogP contribution in [0.15, 0.2) is 66.7 Å². The average molecular weight is 551 g/mol. The lowest BCUT2D eigenvalue weighted by Gasteiger charge is -2.61. The minimum atomic E-state index is -0.373. The minimum Gasteiger partial charge on any atom is -0.0630 e. The van der Waals surface area contributed by atoms with Crippen LogP contribution < -0.4 is 10.6 Å². The first-order valence-electron chi connectivity index (χ1n) is 15.1. The molecule has 0 saturated carbocycles. The van der Waals surface area contributed by atoms with Gasteiger partial charge in [-0.1, -0.05) is 138 Å². The predicted octanol–water partition coefficient (Wildman–Crippen LogP) is 10.8. The molecule has 2 atom stereocenters. The van der Waals surface area contributed by atoms with Crippen LogP contribution in [0.3, 0.4) is 0 Å². The summed E-state index contributed by atoms with van der Waals surface area (Å²) < 4.78 is 0. The first-order chi connectivity index (χ1) is 18.5. The first-order valence-corrected chi connectivity index (χ1v) is 17.8. The summed E-state index contributed by atoms with van der Waals surface area (Å²) in [4.78, 5) is 0. The van der Waals surface area contributed by atoms with Gasteiger partial charge in [-0.2, -0.15) is 0 Å². The summed E-state index contributed by atoms with van der Waals surface area (Å²) >= 11 is 0. The molecule has 2 fully saturated rings. The molecule has 39 heavy (non-hydrogen) atoms. The van der Waals surface area contributed by atoms with Crippen LogP contribution in [0.5, 0.6) is 0 Å². The summed E-state index contributed by atoms with van der Waals surface area (Å²) in [5, 5.41) is 10.6. The smallest absolute Gasteiger partial charge is 0.0178 e. The van der Waals surface area contributed by atoms with Crippen LogP contribution in [0.2, 0.25) is 0 Å². The molecular formula is C37H44P2. The summed E-state index contributed by atoms with van der Waals surface area (Å²) in [6.45, 7) is 18.1. The molecule has 4 aromatic rings. The van der Waals surface area contributed by atoms with Crippen molar-refractivity contribution >= 4 is 48.0 Å². The van der Waals surface area contributed by atoms with Crippen LogP contribution in [0, 0.1) is 0 Å². The molecule has 3 heterocycles. The van der Waals surface area contributed by atoms with E-state index >= 15 is 0 Å². The summed E-state index contributed by atoms with van der Waals surface area (Å²) in [5.41, 5.74) is 4.86. The second-order valence-corrected chi connectivity index (χ2v) is 21.5. The van der Waals surface area contributed by atoms with E-state index in [-0.39, 0.29) is 15.8 Å². The lowest BCUT2D eigenvalue weighted by molar-refractivity contribution is 0.450. The van der Waals surface area contributed by atoms with Crippen LogP contribution in [0.1, 0.15) is 92.6 Å². The molecule has 3 aliphatic rings. The summed E-state index contributed by atoms with van der Waals surface area (Å²) in [7, 11) is -0.630. The van der Waals surface area contributed by atoms with Crippen molar-refractivity contribution in [1.82, 2.24) is 0 Å². The molecule has 4 aromatic carbocycles. The zero-order chi connectivity index (χ0) is 27.4. The van der Waals surface area contributed by atoms with E-state index in [0.717, 1.165) is 0 Å². The molecule has 202 valence electrons. The summed E-state index contributed by atoms with van der Waals surface area (Å²) in [6.07, 6.45) is 8.08. The van der Waals surface area contributed by atoms with Crippen molar-refractivity contribution in [1.29, 1.82) is 0 Å². The van der Waals surface area contributed by atoms with E-state index in [4.69, 9.17) is 0 Å². The van der Waals surface area contributed by atoms with E-state index in [1.54, 1.807) is 27.3 Å². The van der Waals surface area contributed by atoms with Gasteiger partial charge in [0, 0.05) is 5.16 Å². The summed E-state index contributed by atoms with van der Waals surface area (Å²) in [5.74, 6) is 0. The van der Waals surface area contributed by atoms with E-state index in [2.05, 4.69) is 115 Å². The lowest BCUT2D eigenvalue weighted by Crippen LogP contribution is -2.50. The van der Waals surface area contributed by atoms with Crippen LogP contribution in [-0.2, 0) is 5.16 Å². The normalized spacial score (nSPS) is 27.1. The maximum atomic E-state index is 2.61. The molecule has 7 rings (SSSR count). The lowest BCUT2D eigenvalue weighted by atomic mass is 9.84. The Bertz CT molecular complexity index is 1610. The molecule has 0 aromatic heterocycles. The maximum absolute atomic E-state index is 2.61. The SMILES string of the molecule is CC1(C)CCCC(C)(C)P1c1ccc2ccccc2c1-c1c2c(cc3ccccc13)C1(C)CCCC(C)(C)P21. The van der Waals surface area contributed by atoms with Crippen molar-refractivity contribution in [2.75, 3.05) is 0 Å². The zero-order valence-electron chi connectivity index (χ0n) is 25.0. The largest absolute Gasteiger partial charge is 0.0630 e. The summed E-state index contributed by atoms with van der Waals surface area (Å²) in [6, 6.07) is 26.2. The van der Waals surface area contributed by atoms with Crippen molar-refractivity contribution in [3.63, 3.8) is 0 Å². The number of hydrogen-bond donors (Lipinski definition) is 0. The highest BCUT2D eigenvalue weighted by molar-refractivity contribution is 7.71. The highest BCUT2D eigenvalue weighted by atomic mass is 31.1. The standard InChI is InChI=1S/C37H44P2/c1-34(2)20-12-21-35(3,4)38(34)30-19-18-25-14-8-10-16-27(25)31(30)32-28-17-11-9-15-26(28)24-29-33(32)39-36(5,6)22-13-23-37(29,39)7/h8-11,14-19,24H,12-13,20-23H2,1-7H3. The second-order valence-electron chi connectivity index (χ2n) is 14.6. The van der Waals surface area contributed by atoms with Gasteiger partial charge in [0.05, 0.1) is 0 Å². The highest BCUT2D eigenvalue weighted by Gasteiger charge is 2.57. The van der Waals surface area contributed by atoms with Gasteiger partial charge in [0.15, 0.2) is 0 Å². The molecule has 0 aliphatic carbocycles. The Morgan fingerprint density at radius 3 is 1.74 bits per heavy atom. The molecular weight excluding hydrogens is 506 g/mol. The maximum Gasteiger partial charge on any atom is 0.0178 e. The Kier molecular flexibility index (Phi) is 5.80. The third kappa shape index (κ3) is 3.70. The molecule has 2 saturated heterocycles. The average Bonchev–Trinajstić information content (AvgIpc) is 2.86. The Labute approximate surface area is 238 Å². The Morgan fingerprint density at radius 2 is 1.08 bits per heavy atom. The van der Waals surface area contributed by atoms with E-state index in [9.17, 15) is 0 Å². The molecule has 0 nitrogen and oxygen atoms in total. The van der Waals surface area contributed by atoms with Crippen LogP contribution in [0.4, 0.5) is 0 Å². The molecule has 0 bridgehead atoms. The molecule has 2 heteroatoms. The zero-order valence-corrected chi connectivity index (χ0v) is 26.8. The second kappa shape index (κ2) is 8.63. The quantitative estimate of drug-likeness (QED) is 0.218. The number of rotatable bonds is 2. The van der Waals surface area contributed by atoms with Crippen LogP contribution >= 0.6 is 15.8 Å². The van der Waals surface area contributed by atoms with Gasteiger partial charge in [-0.15, -0.1) is 0 Å². The molecule has 0 spiro atoms. The number of fused-ring (bicyclic) bond motifs is 6. The number of hydrogen-bond acceptors (Lipinski definition) is 0. The van der Waals surface area contributed by atoms with Crippen molar-refractivity contribution in [3.8, 4) is 11.1 Å². The fourth-order valence-electron chi connectivity index (χ4n) is 9.10.